The van der Waals surface area contributed by atoms with Gasteiger partial charge in [-0.05, 0) is 44.1 Å². The van der Waals surface area contributed by atoms with Gasteiger partial charge in [0.2, 0.25) is 0 Å². The van der Waals surface area contributed by atoms with Crippen LogP contribution in [0.2, 0.25) is 0 Å². The van der Waals surface area contributed by atoms with Crippen LogP contribution in [0.3, 0.4) is 0 Å². The van der Waals surface area contributed by atoms with Crippen LogP contribution in [0.25, 0.3) is 0 Å². The third kappa shape index (κ3) is 8.23. The molecule has 1 fully saturated rings. The van der Waals surface area contributed by atoms with Gasteiger partial charge >= 0.3 is 0 Å². The van der Waals surface area contributed by atoms with Gasteiger partial charge in [0.15, 0.2) is 5.96 Å². The Morgan fingerprint density at radius 3 is 2.52 bits per heavy atom. The summed E-state index contributed by atoms with van der Waals surface area (Å²) >= 11 is 0. The van der Waals surface area contributed by atoms with Crippen LogP contribution in [0.5, 0.6) is 5.75 Å². The lowest BCUT2D eigenvalue weighted by Gasteiger charge is -2.21. The van der Waals surface area contributed by atoms with Crippen molar-refractivity contribution in [3.8, 4) is 5.75 Å². The molecule has 1 aliphatic heterocycles. The van der Waals surface area contributed by atoms with Gasteiger partial charge in [-0.15, -0.1) is 24.0 Å². The van der Waals surface area contributed by atoms with E-state index in [1.165, 1.54) is 0 Å². The Kier molecular flexibility index (Phi) is 11.7. The summed E-state index contributed by atoms with van der Waals surface area (Å²) in [6, 6.07) is 8.16. The standard InChI is InChI=1S/C20H34N4O2.HI/c1-4-21-20(24-12-11-18(25)16-24)22-15-17-7-9-19(10-8-17)26-14-13-23(5-2)6-3;/h7-10,18,25H,4-6,11-16H2,1-3H3,(H,21,22);1H/t18-;/m1./s1. The fourth-order valence-electron chi connectivity index (χ4n) is 3.05. The van der Waals surface area contributed by atoms with E-state index in [0.717, 1.165) is 56.4 Å². The molecule has 1 aliphatic rings. The Hall–Kier alpha value is -1.06. The maximum atomic E-state index is 9.73. The van der Waals surface area contributed by atoms with Gasteiger partial charge in [-0.25, -0.2) is 4.99 Å². The lowest BCUT2D eigenvalue weighted by Crippen LogP contribution is -2.40. The van der Waals surface area contributed by atoms with Crippen LogP contribution in [-0.2, 0) is 6.54 Å². The van der Waals surface area contributed by atoms with E-state index < -0.39 is 0 Å². The number of halogens is 1. The van der Waals surface area contributed by atoms with Crippen molar-refractivity contribution in [3.63, 3.8) is 0 Å². The maximum absolute atomic E-state index is 9.73. The predicted octanol–water partition coefficient (Wildman–Crippen LogP) is 2.56. The van der Waals surface area contributed by atoms with Crippen molar-refractivity contribution in [2.45, 2.75) is 39.8 Å². The number of likely N-dealkylation sites (tertiary alicyclic amines) is 1. The zero-order valence-corrected chi connectivity index (χ0v) is 19.2. The largest absolute Gasteiger partial charge is 0.492 e. The number of aliphatic imine (C=N–C) groups is 1. The van der Waals surface area contributed by atoms with Gasteiger partial charge in [-0.2, -0.15) is 0 Å². The average molecular weight is 490 g/mol. The molecule has 1 atom stereocenters. The van der Waals surface area contributed by atoms with Crippen LogP contribution in [-0.4, -0.2) is 72.8 Å². The SMILES string of the molecule is CCNC(=NCc1ccc(OCCN(CC)CC)cc1)N1CC[C@@H](O)C1.I. The van der Waals surface area contributed by atoms with E-state index in [1.807, 2.05) is 12.1 Å². The summed E-state index contributed by atoms with van der Waals surface area (Å²) in [5.74, 6) is 1.78. The maximum Gasteiger partial charge on any atom is 0.194 e. The Balaban J connectivity index is 0.00000364. The second-order valence-corrected chi connectivity index (χ2v) is 6.58. The molecule has 0 bridgehead atoms. The molecule has 2 rings (SSSR count). The van der Waals surface area contributed by atoms with Gasteiger partial charge in [0.25, 0.3) is 0 Å². The van der Waals surface area contributed by atoms with Gasteiger partial charge in [0, 0.05) is 26.2 Å². The molecule has 7 heteroatoms. The van der Waals surface area contributed by atoms with Gasteiger partial charge in [0.1, 0.15) is 12.4 Å². The first-order chi connectivity index (χ1) is 12.7. The van der Waals surface area contributed by atoms with E-state index in [0.29, 0.717) is 19.7 Å². The molecule has 0 unspecified atom stereocenters. The highest BCUT2D eigenvalue weighted by molar-refractivity contribution is 14.0. The smallest absolute Gasteiger partial charge is 0.194 e. The number of hydrogen-bond donors (Lipinski definition) is 2. The van der Waals surface area contributed by atoms with Crippen LogP contribution in [0.1, 0.15) is 32.8 Å². The fraction of sp³-hybridized carbons (Fsp3) is 0.650. The lowest BCUT2D eigenvalue weighted by atomic mass is 10.2. The zero-order valence-electron chi connectivity index (χ0n) is 16.9. The first kappa shape index (κ1) is 24.0. The van der Waals surface area contributed by atoms with Gasteiger partial charge in [-0.1, -0.05) is 26.0 Å². The normalized spacial score (nSPS) is 17.1. The Morgan fingerprint density at radius 2 is 1.96 bits per heavy atom. The summed E-state index contributed by atoms with van der Waals surface area (Å²) in [6.07, 6.45) is 0.566. The number of likely N-dealkylation sites (N-methyl/N-ethyl adjacent to an activating group) is 1. The number of nitrogens with one attached hydrogen (secondary N) is 1. The minimum absolute atomic E-state index is 0. The van der Waals surface area contributed by atoms with Crippen LogP contribution in [0, 0.1) is 0 Å². The number of hydrogen-bond acceptors (Lipinski definition) is 4. The Morgan fingerprint density at radius 1 is 1.26 bits per heavy atom. The molecule has 27 heavy (non-hydrogen) atoms. The molecule has 0 aromatic heterocycles. The van der Waals surface area contributed by atoms with E-state index in [1.54, 1.807) is 0 Å². The van der Waals surface area contributed by atoms with Gasteiger partial charge < -0.3 is 25.0 Å². The topological polar surface area (TPSA) is 60.3 Å². The Labute approximate surface area is 181 Å². The van der Waals surface area contributed by atoms with Gasteiger partial charge in [0.05, 0.1) is 12.6 Å². The second kappa shape index (κ2) is 13.2. The predicted molar refractivity (Wildman–Crippen MR) is 122 cm³/mol. The number of aliphatic hydroxyl groups excluding tert-OH is 1. The summed E-state index contributed by atoms with van der Waals surface area (Å²) in [6.45, 7) is 13.1. The summed E-state index contributed by atoms with van der Waals surface area (Å²) < 4.78 is 5.83. The molecule has 0 saturated carbocycles. The molecule has 154 valence electrons. The molecule has 1 aromatic carbocycles. The molecule has 0 radical (unpaired) electrons. The number of rotatable bonds is 9. The number of guanidine groups is 1. The molecular formula is C20H35IN4O2. The molecule has 2 N–H and O–H groups in total. The number of aliphatic hydroxyl groups is 1. The second-order valence-electron chi connectivity index (χ2n) is 6.58. The first-order valence-electron chi connectivity index (χ1n) is 9.81. The Bertz CT molecular complexity index is 549. The third-order valence-electron chi connectivity index (χ3n) is 4.70. The van der Waals surface area contributed by atoms with Crippen LogP contribution >= 0.6 is 24.0 Å². The molecule has 0 spiro atoms. The van der Waals surface area contributed by atoms with Crippen molar-refractivity contribution >= 4 is 29.9 Å². The summed E-state index contributed by atoms with van der Waals surface area (Å²) in [5.41, 5.74) is 1.15. The average Bonchev–Trinajstić information content (AvgIpc) is 3.09. The van der Waals surface area contributed by atoms with Crippen molar-refractivity contribution in [2.75, 3.05) is 45.9 Å². The van der Waals surface area contributed by atoms with E-state index >= 15 is 0 Å². The van der Waals surface area contributed by atoms with Crippen LogP contribution < -0.4 is 10.1 Å². The van der Waals surface area contributed by atoms with Crippen LogP contribution in [0.15, 0.2) is 29.3 Å². The van der Waals surface area contributed by atoms with Crippen molar-refractivity contribution in [1.82, 2.24) is 15.1 Å². The monoisotopic (exact) mass is 490 g/mol. The fourth-order valence-corrected chi connectivity index (χ4v) is 3.05. The number of benzene rings is 1. The number of β-amino-alcohol motifs (C(OH)–C–C–N with tert-alkyl or cyclic N) is 1. The quantitative estimate of drug-likeness (QED) is 0.317. The molecule has 0 amide bonds. The molecule has 1 saturated heterocycles. The lowest BCUT2D eigenvalue weighted by molar-refractivity contribution is 0.188. The minimum Gasteiger partial charge on any atom is -0.492 e. The summed E-state index contributed by atoms with van der Waals surface area (Å²) in [5, 5.41) is 13.0. The molecular weight excluding hydrogens is 455 g/mol. The van der Waals surface area contributed by atoms with E-state index in [9.17, 15) is 5.11 Å². The molecule has 6 nitrogen and oxygen atoms in total. The molecule has 1 aromatic rings. The highest BCUT2D eigenvalue weighted by Crippen LogP contribution is 2.14. The minimum atomic E-state index is -0.244. The van der Waals surface area contributed by atoms with Crippen molar-refractivity contribution in [1.29, 1.82) is 0 Å². The number of nitrogens with zero attached hydrogens (tertiary/aromatic N) is 3. The van der Waals surface area contributed by atoms with E-state index in [2.05, 4.69) is 48.0 Å². The highest BCUT2D eigenvalue weighted by Gasteiger charge is 2.22. The van der Waals surface area contributed by atoms with E-state index in [-0.39, 0.29) is 30.1 Å². The summed E-state index contributed by atoms with van der Waals surface area (Å²) in [4.78, 5) is 9.18. The molecule has 0 aliphatic carbocycles. The molecule has 1 heterocycles. The van der Waals surface area contributed by atoms with Crippen molar-refractivity contribution < 1.29 is 9.84 Å². The zero-order chi connectivity index (χ0) is 18.8. The van der Waals surface area contributed by atoms with E-state index in [4.69, 9.17) is 9.73 Å². The van der Waals surface area contributed by atoms with Gasteiger partial charge in [-0.3, -0.25) is 0 Å². The summed E-state index contributed by atoms with van der Waals surface area (Å²) in [7, 11) is 0. The highest BCUT2D eigenvalue weighted by atomic mass is 127. The first-order valence-corrected chi connectivity index (χ1v) is 9.81. The van der Waals surface area contributed by atoms with Crippen molar-refractivity contribution in [3.05, 3.63) is 29.8 Å². The third-order valence-corrected chi connectivity index (χ3v) is 4.70. The van der Waals surface area contributed by atoms with Crippen molar-refractivity contribution in [2.24, 2.45) is 4.99 Å². The number of ether oxygens (including phenoxy) is 1. The van der Waals surface area contributed by atoms with Crippen LogP contribution in [0.4, 0.5) is 0 Å².